The van der Waals surface area contributed by atoms with E-state index in [1.807, 2.05) is 19.2 Å². The maximum atomic E-state index is 5.32. The highest BCUT2D eigenvalue weighted by Gasteiger charge is 2.14. The maximum absolute atomic E-state index is 5.32. The number of rotatable bonds is 7. The van der Waals surface area contributed by atoms with Crippen molar-refractivity contribution in [1.82, 2.24) is 15.5 Å². The first-order chi connectivity index (χ1) is 10.8. The quantitative estimate of drug-likeness (QED) is 0.460. The number of piperidine rings is 1. The van der Waals surface area contributed by atoms with Crippen molar-refractivity contribution in [2.45, 2.75) is 32.6 Å². The van der Waals surface area contributed by atoms with Crippen LogP contribution in [0.2, 0.25) is 0 Å². The molecule has 0 saturated carbocycles. The topological polar surface area (TPSA) is 52.8 Å². The van der Waals surface area contributed by atoms with Crippen molar-refractivity contribution in [3.63, 3.8) is 0 Å². The smallest absolute Gasteiger partial charge is 0.190 e. The number of hydrogen-bond acceptors (Lipinski definition) is 3. The summed E-state index contributed by atoms with van der Waals surface area (Å²) in [6, 6.07) is 3.92. The van der Waals surface area contributed by atoms with Crippen molar-refractivity contribution >= 4 is 5.96 Å². The number of nitrogens with zero attached hydrogens (tertiary/aromatic N) is 2. The van der Waals surface area contributed by atoms with Gasteiger partial charge in [-0.1, -0.05) is 6.92 Å². The lowest BCUT2D eigenvalue weighted by Gasteiger charge is -2.30. The van der Waals surface area contributed by atoms with Gasteiger partial charge in [0.2, 0.25) is 0 Å². The van der Waals surface area contributed by atoms with Gasteiger partial charge in [-0.15, -0.1) is 0 Å². The lowest BCUT2D eigenvalue weighted by Crippen LogP contribution is -2.40. The molecular formula is C17H30N4O. The lowest BCUT2D eigenvalue weighted by molar-refractivity contribution is 0.191. The van der Waals surface area contributed by atoms with E-state index < -0.39 is 0 Å². The zero-order chi connectivity index (χ0) is 15.6. The summed E-state index contributed by atoms with van der Waals surface area (Å²) >= 11 is 0. The van der Waals surface area contributed by atoms with Crippen LogP contribution in [0.1, 0.15) is 31.9 Å². The van der Waals surface area contributed by atoms with Crippen LogP contribution in [0.4, 0.5) is 0 Å². The van der Waals surface area contributed by atoms with Crippen molar-refractivity contribution in [3.8, 4) is 0 Å². The Kier molecular flexibility index (Phi) is 7.30. The molecule has 1 aromatic rings. The van der Waals surface area contributed by atoms with Gasteiger partial charge >= 0.3 is 0 Å². The normalized spacial score (nSPS) is 17.6. The van der Waals surface area contributed by atoms with Gasteiger partial charge < -0.3 is 20.0 Å². The van der Waals surface area contributed by atoms with E-state index in [4.69, 9.17) is 4.42 Å². The first kappa shape index (κ1) is 16.9. The maximum Gasteiger partial charge on any atom is 0.190 e. The zero-order valence-corrected chi connectivity index (χ0v) is 14.0. The monoisotopic (exact) mass is 306 g/mol. The number of likely N-dealkylation sites (tertiary alicyclic amines) is 1. The molecule has 5 nitrogen and oxygen atoms in total. The number of hydrogen-bond donors (Lipinski definition) is 2. The summed E-state index contributed by atoms with van der Waals surface area (Å²) in [5.74, 6) is 2.78. The van der Waals surface area contributed by atoms with Crippen LogP contribution < -0.4 is 10.6 Å². The van der Waals surface area contributed by atoms with Crippen LogP contribution in [0.3, 0.4) is 0 Å². The molecule has 2 N–H and O–H groups in total. The molecule has 2 rings (SSSR count). The Balaban J connectivity index is 1.52. The molecule has 1 aliphatic heterocycles. The van der Waals surface area contributed by atoms with Gasteiger partial charge in [0, 0.05) is 26.6 Å². The van der Waals surface area contributed by atoms with Gasteiger partial charge in [-0.2, -0.15) is 0 Å². The largest absolute Gasteiger partial charge is 0.469 e. The highest BCUT2D eigenvalue weighted by Crippen LogP contribution is 2.15. The Morgan fingerprint density at radius 3 is 2.77 bits per heavy atom. The van der Waals surface area contributed by atoms with Gasteiger partial charge in [-0.25, -0.2) is 0 Å². The Hall–Kier alpha value is -1.49. The van der Waals surface area contributed by atoms with E-state index in [0.29, 0.717) is 0 Å². The summed E-state index contributed by atoms with van der Waals surface area (Å²) in [5.41, 5.74) is 0. The standard InChI is InChI=1S/C17H30N4O/c1-15-7-12-21(13-8-15)11-4-9-19-17(18-2)20-10-6-16-5-3-14-22-16/h3,5,14-15H,4,6-13H2,1-2H3,(H2,18,19,20). The summed E-state index contributed by atoms with van der Waals surface area (Å²) < 4.78 is 5.32. The molecule has 2 heterocycles. The van der Waals surface area contributed by atoms with Crippen LogP contribution in [0.5, 0.6) is 0 Å². The molecule has 5 heteroatoms. The third-order valence-corrected chi connectivity index (χ3v) is 4.29. The molecule has 1 aliphatic rings. The molecule has 0 aromatic carbocycles. The Morgan fingerprint density at radius 2 is 2.09 bits per heavy atom. The van der Waals surface area contributed by atoms with E-state index in [2.05, 4.69) is 27.4 Å². The average molecular weight is 306 g/mol. The lowest BCUT2D eigenvalue weighted by atomic mass is 9.99. The van der Waals surface area contributed by atoms with Crippen molar-refractivity contribution in [2.75, 3.05) is 39.8 Å². The Labute approximate surface area is 134 Å². The average Bonchev–Trinajstić information content (AvgIpc) is 3.04. The Morgan fingerprint density at radius 1 is 1.32 bits per heavy atom. The highest BCUT2D eigenvalue weighted by atomic mass is 16.3. The molecule has 22 heavy (non-hydrogen) atoms. The summed E-state index contributed by atoms with van der Waals surface area (Å²) in [5, 5.41) is 6.70. The van der Waals surface area contributed by atoms with Crippen molar-refractivity contribution in [1.29, 1.82) is 0 Å². The summed E-state index contributed by atoms with van der Waals surface area (Å²) in [6.07, 6.45) is 6.45. The minimum Gasteiger partial charge on any atom is -0.469 e. The second kappa shape index (κ2) is 9.51. The molecule has 0 spiro atoms. The zero-order valence-electron chi connectivity index (χ0n) is 14.0. The first-order valence-electron chi connectivity index (χ1n) is 8.47. The molecule has 1 aromatic heterocycles. The molecule has 0 radical (unpaired) electrons. The molecule has 0 atom stereocenters. The summed E-state index contributed by atoms with van der Waals surface area (Å²) in [4.78, 5) is 6.83. The molecule has 0 unspecified atom stereocenters. The van der Waals surface area contributed by atoms with Gasteiger partial charge in [0.1, 0.15) is 5.76 Å². The third kappa shape index (κ3) is 6.10. The van der Waals surface area contributed by atoms with Crippen LogP contribution in [0, 0.1) is 5.92 Å². The SMILES string of the molecule is CN=C(NCCCN1CCC(C)CC1)NCCc1ccco1. The fourth-order valence-corrected chi connectivity index (χ4v) is 2.77. The molecule has 0 amide bonds. The number of guanidine groups is 1. The van der Waals surface area contributed by atoms with Crippen molar-refractivity contribution < 1.29 is 4.42 Å². The predicted molar refractivity (Wildman–Crippen MR) is 91.2 cm³/mol. The molecular weight excluding hydrogens is 276 g/mol. The van der Waals surface area contributed by atoms with Crippen molar-refractivity contribution in [2.24, 2.45) is 10.9 Å². The number of nitrogens with one attached hydrogen (secondary N) is 2. The molecule has 0 aliphatic carbocycles. The van der Waals surface area contributed by atoms with E-state index in [1.54, 1.807) is 6.26 Å². The minimum atomic E-state index is 0.831. The Bertz CT molecular complexity index is 422. The van der Waals surface area contributed by atoms with E-state index in [0.717, 1.165) is 43.6 Å². The summed E-state index contributed by atoms with van der Waals surface area (Å²) in [7, 11) is 1.81. The highest BCUT2D eigenvalue weighted by molar-refractivity contribution is 5.79. The van der Waals surface area contributed by atoms with Crippen LogP contribution in [0.25, 0.3) is 0 Å². The van der Waals surface area contributed by atoms with Gasteiger partial charge in [-0.05, 0) is 56.9 Å². The molecule has 124 valence electrons. The van der Waals surface area contributed by atoms with Gasteiger partial charge in [0.15, 0.2) is 5.96 Å². The molecule has 1 saturated heterocycles. The van der Waals surface area contributed by atoms with E-state index in [1.165, 1.54) is 32.5 Å². The number of aliphatic imine (C=N–C) groups is 1. The third-order valence-electron chi connectivity index (χ3n) is 4.29. The van der Waals surface area contributed by atoms with E-state index >= 15 is 0 Å². The second-order valence-electron chi connectivity index (χ2n) is 6.13. The molecule has 0 bridgehead atoms. The van der Waals surface area contributed by atoms with Gasteiger partial charge in [-0.3, -0.25) is 4.99 Å². The van der Waals surface area contributed by atoms with Crippen LogP contribution >= 0.6 is 0 Å². The molecule has 1 fully saturated rings. The fourth-order valence-electron chi connectivity index (χ4n) is 2.77. The van der Waals surface area contributed by atoms with E-state index in [-0.39, 0.29) is 0 Å². The van der Waals surface area contributed by atoms with Crippen LogP contribution in [-0.4, -0.2) is 50.6 Å². The van der Waals surface area contributed by atoms with Crippen LogP contribution in [0.15, 0.2) is 27.8 Å². The van der Waals surface area contributed by atoms with E-state index in [9.17, 15) is 0 Å². The van der Waals surface area contributed by atoms with Crippen LogP contribution in [-0.2, 0) is 6.42 Å². The number of furan rings is 1. The van der Waals surface area contributed by atoms with Gasteiger partial charge in [0.05, 0.1) is 6.26 Å². The van der Waals surface area contributed by atoms with Gasteiger partial charge in [0.25, 0.3) is 0 Å². The predicted octanol–water partition coefficient (Wildman–Crippen LogP) is 2.11. The summed E-state index contributed by atoms with van der Waals surface area (Å²) in [6.45, 7) is 7.86. The first-order valence-corrected chi connectivity index (χ1v) is 8.47. The fraction of sp³-hybridized carbons (Fsp3) is 0.706. The second-order valence-corrected chi connectivity index (χ2v) is 6.13. The minimum absolute atomic E-state index is 0.831. The van der Waals surface area contributed by atoms with Crippen molar-refractivity contribution in [3.05, 3.63) is 24.2 Å².